The molecule has 1 amide bonds. The molecule has 0 spiro atoms. The van der Waals surface area contributed by atoms with E-state index >= 15 is 0 Å². The molecule has 0 aliphatic carbocycles. The van der Waals surface area contributed by atoms with Gasteiger partial charge in [-0.2, -0.15) is 13.2 Å². The fraction of sp³-hybridized carbons (Fsp3) is 0.500. The van der Waals surface area contributed by atoms with Crippen molar-refractivity contribution in [2.75, 3.05) is 13.7 Å². The highest BCUT2D eigenvalue weighted by Gasteiger charge is 2.30. The first-order valence-electron chi connectivity index (χ1n) is 4.31. The highest BCUT2D eigenvalue weighted by molar-refractivity contribution is 5.67. The molecule has 1 heterocycles. The van der Waals surface area contributed by atoms with Gasteiger partial charge in [-0.25, -0.2) is 9.78 Å². The Morgan fingerprint density at radius 3 is 2.81 bits per heavy atom. The van der Waals surface area contributed by atoms with E-state index in [2.05, 4.69) is 14.7 Å². The molecular weight excluding hydrogens is 227 g/mol. The van der Waals surface area contributed by atoms with E-state index < -0.39 is 18.9 Å². The van der Waals surface area contributed by atoms with Crippen molar-refractivity contribution in [3.8, 4) is 0 Å². The van der Waals surface area contributed by atoms with Crippen molar-refractivity contribution in [1.82, 2.24) is 14.9 Å². The minimum Gasteiger partial charge on any atom is -0.440 e. The Hall–Kier alpha value is -1.73. The first-order chi connectivity index (χ1) is 7.38. The Labute approximate surface area is 89.2 Å². The monoisotopic (exact) mass is 237 g/mol. The molecule has 0 fully saturated rings. The van der Waals surface area contributed by atoms with Crippen LogP contribution in [0.2, 0.25) is 0 Å². The summed E-state index contributed by atoms with van der Waals surface area (Å²) in [6.45, 7) is -1.53. The van der Waals surface area contributed by atoms with E-state index in [1.165, 1.54) is 13.2 Å². The number of aromatic nitrogens is 2. The Kier molecular flexibility index (Phi) is 3.75. The predicted octanol–water partition coefficient (Wildman–Crippen LogP) is 1.54. The van der Waals surface area contributed by atoms with E-state index in [0.717, 1.165) is 4.90 Å². The number of hydrogen-bond donors (Lipinski definition) is 1. The highest BCUT2D eigenvalue weighted by atomic mass is 19.4. The summed E-state index contributed by atoms with van der Waals surface area (Å²) in [6.07, 6.45) is -2.54. The number of rotatable bonds is 3. The number of nitrogens with one attached hydrogen (secondary N) is 1. The Morgan fingerprint density at radius 1 is 1.62 bits per heavy atom. The van der Waals surface area contributed by atoms with E-state index in [9.17, 15) is 18.0 Å². The number of imidazole rings is 1. The summed E-state index contributed by atoms with van der Waals surface area (Å²) in [6, 6.07) is 0. The zero-order valence-electron chi connectivity index (χ0n) is 8.41. The van der Waals surface area contributed by atoms with Crippen LogP contribution in [0.1, 0.15) is 5.82 Å². The zero-order valence-corrected chi connectivity index (χ0v) is 8.41. The van der Waals surface area contributed by atoms with E-state index in [1.807, 2.05) is 0 Å². The van der Waals surface area contributed by atoms with Crippen molar-refractivity contribution in [1.29, 1.82) is 0 Å². The molecule has 0 radical (unpaired) electrons. The van der Waals surface area contributed by atoms with Crippen molar-refractivity contribution < 1.29 is 22.7 Å². The van der Waals surface area contributed by atoms with Gasteiger partial charge < -0.3 is 14.6 Å². The smallest absolute Gasteiger partial charge is 0.422 e. The summed E-state index contributed by atoms with van der Waals surface area (Å²) in [5.74, 6) is 0.464. The number of H-pyrrole nitrogens is 1. The fourth-order valence-electron chi connectivity index (χ4n) is 0.927. The van der Waals surface area contributed by atoms with Gasteiger partial charge in [0.15, 0.2) is 6.61 Å². The minimum atomic E-state index is -4.51. The lowest BCUT2D eigenvalue weighted by atomic mass is 10.5. The Bertz CT molecular complexity index is 337. The predicted molar refractivity (Wildman–Crippen MR) is 47.5 cm³/mol. The van der Waals surface area contributed by atoms with Crippen LogP contribution in [-0.4, -0.2) is 40.8 Å². The van der Waals surface area contributed by atoms with Crippen molar-refractivity contribution in [3.05, 3.63) is 18.2 Å². The second-order valence-electron chi connectivity index (χ2n) is 3.06. The third-order valence-electron chi connectivity index (χ3n) is 1.61. The number of amides is 1. The quantitative estimate of drug-likeness (QED) is 0.867. The maximum atomic E-state index is 11.7. The highest BCUT2D eigenvalue weighted by Crippen LogP contribution is 2.15. The van der Waals surface area contributed by atoms with Crippen molar-refractivity contribution in [3.63, 3.8) is 0 Å². The Morgan fingerprint density at radius 2 is 2.31 bits per heavy atom. The summed E-state index contributed by atoms with van der Waals surface area (Å²) in [4.78, 5) is 18.6. The fourth-order valence-corrected chi connectivity index (χ4v) is 0.927. The van der Waals surface area contributed by atoms with Crippen LogP contribution in [0.25, 0.3) is 0 Å². The van der Waals surface area contributed by atoms with Crippen LogP contribution in [0, 0.1) is 0 Å². The van der Waals surface area contributed by atoms with E-state index in [0.29, 0.717) is 5.82 Å². The average molecular weight is 237 g/mol. The molecule has 0 atom stereocenters. The second kappa shape index (κ2) is 4.86. The molecule has 0 unspecified atom stereocenters. The zero-order chi connectivity index (χ0) is 12.2. The number of alkyl halides is 3. The molecule has 5 nitrogen and oxygen atoms in total. The summed E-state index contributed by atoms with van der Waals surface area (Å²) in [5, 5.41) is 0. The van der Waals surface area contributed by atoms with Gasteiger partial charge in [0.05, 0.1) is 6.54 Å². The standard InChI is InChI=1S/C8H10F3N3O2/c1-14(4-6-12-2-3-13-6)7(15)16-5-8(9,10)11/h2-3H,4-5H2,1H3,(H,12,13). The number of ether oxygens (including phenoxy) is 1. The van der Waals surface area contributed by atoms with Crippen LogP contribution in [0.3, 0.4) is 0 Å². The lowest BCUT2D eigenvalue weighted by molar-refractivity contribution is -0.162. The maximum Gasteiger partial charge on any atom is 0.422 e. The molecule has 0 aliphatic heterocycles. The first-order valence-corrected chi connectivity index (χ1v) is 4.31. The first kappa shape index (κ1) is 12.3. The lowest BCUT2D eigenvalue weighted by Crippen LogP contribution is -2.30. The van der Waals surface area contributed by atoms with Gasteiger partial charge in [0.1, 0.15) is 5.82 Å². The van der Waals surface area contributed by atoms with Crippen LogP contribution in [0.5, 0.6) is 0 Å². The molecule has 0 aliphatic rings. The SMILES string of the molecule is CN(Cc1ncc[nH]1)C(=O)OCC(F)(F)F. The number of hydrogen-bond acceptors (Lipinski definition) is 3. The van der Waals surface area contributed by atoms with Gasteiger partial charge in [-0.15, -0.1) is 0 Å². The van der Waals surface area contributed by atoms with E-state index in [1.54, 1.807) is 6.20 Å². The van der Waals surface area contributed by atoms with Crippen LogP contribution in [-0.2, 0) is 11.3 Å². The van der Waals surface area contributed by atoms with Gasteiger partial charge in [0.25, 0.3) is 0 Å². The van der Waals surface area contributed by atoms with Crippen LogP contribution in [0.4, 0.5) is 18.0 Å². The van der Waals surface area contributed by atoms with Crippen LogP contribution in [0.15, 0.2) is 12.4 Å². The normalized spacial score (nSPS) is 11.2. The van der Waals surface area contributed by atoms with Crippen molar-refractivity contribution in [2.24, 2.45) is 0 Å². The van der Waals surface area contributed by atoms with Crippen LogP contribution >= 0.6 is 0 Å². The molecule has 16 heavy (non-hydrogen) atoms. The second-order valence-corrected chi connectivity index (χ2v) is 3.06. The largest absolute Gasteiger partial charge is 0.440 e. The molecule has 1 aromatic heterocycles. The third-order valence-corrected chi connectivity index (χ3v) is 1.61. The molecule has 0 bridgehead atoms. The topological polar surface area (TPSA) is 58.2 Å². The van der Waals surface area contributed by atoms with Gasteiger partial charge in [0.2, 0.25) is 0 Å². The number of nitrogens with zero attached hydrogens (tertiary/aromatic N) is 2. The molecule has 1 N–H and O–H groups in total. The number of carbonyl (C=O) groups is 1. The molecule has 1 aromatic rings. The average Bonchev–Trinajstić information content (AvgIpc) is 2.65. The molecule has 90 valence electrons. The summed E-state index contributed by atoms with van der Waals surface area (Å²) in [5.41, 5.74) is 0. The number of aromatic amines is 1. The summed E-state index contributed by atoms with van der Waals surface area (Å²) < 4.78 is 39.3. The number of carbonyl (C=O) groups excluding carboxylic acids is 1. The summed E-state index contributed by atoms with van der Waals surface area (Å²) >= 11 is 0. The molecule has 0 aromatic carbocycles. The summed E-state index contributed by atoms with van der Waals surface area (Å²) in [7, 11) is 1.32. The van der Waals surface area contributed by atoms with Gasteiger partial charge in [-0.3, -0.25) is 0 Å². The molecule has 0 saturated carbocycles. The van der Waals surface area contributed by atoms with Crippen molar-refractivity contribution >= 4 is 6.09 Å². The van der Waals surface area contributed by atoms with Gasteiger partial charge in [0, 0.05) is 19.4 Å². The van der Waals surface area contributed by atoms with Gasteiger partial charge in [-0.1, -0.05) is 0 Å². The molecule has 0 saturated heterocycles. The third kappa shape index (κ3) is 4.20. The minimum absolute atomic E-state index is 0.0592. The van der Waals surface area contributed by atoms with Gasteiger partial charge >= 0.3 is 12.3 Å². The molecular formula is C8H10F3N3O2. The van der Waals surface area contributed by atoms with E-state index in [4.69, 9.17) is 0 Å². The van der Waals surface area contributed by atoms with Crippen molar-refractivity contribution in [2.45, 2.75) is 12.7 Å². The van der Waals surface area contributed by atoms with Gasteiger partial charge in [-0.05, 0) is 0 Å². The number of halogens is 3. The Balaban J connectivity index is 2.37. The maximum absolute atomic E-state index is 11.7. The molecule has 1 rings (SSSR count). The molecule has 8 heteroatoms. The lowest BCUT2D eigenvalue weighted by Gasteiger charge is -2.16. The van der Waals surface area contributed by atoms with Crippen LogP contribution < -0.4 is 0 Å². The van der Waals surface area contributed by atoms with E-state index in [-0.39, 0.29) is 6.54 Å².